The van der Waals surface area contributed by atoms with Crippen LogP contribution >= 0.6 is 0 Å². The van der Waals surface area contributed by atoms with Crippen molar-refractivity contribution in [3.05, 3.63) is 119 Å². The van der Waals surface area contributed by atoms with Crippen LogP contribution in [0.15, 0.2) is 97.1 Å². The van der Waals surface area contributed by atoms with Crippen molar-refractivity contribution in [3.8, 4) is 0 Å². The standard InChI is InChI=1S/C34H28N4O2/c39-33(37-29-13-5-1-9-25(29)17-18-26-10-2-6-14-30(26)37)35-21-23-36(24-22-35)34(40)38-31-15-7-3-11-27(31)19-20-28-12-4-8-16-32(28)38/h1-20H,21-24H2. The van der Waals surface area contributed by atoms with E-state index in [0.717, 1.165) is 45.0 Å². The van der Waals surface area contributed by atoms with Crippen molar-refractivity contribution in [1.29, 1.82) is 0 Å². The fraction of sp³-hybridized carbons (Fsp3) is 0.118. The number of carbonyl (C=O) groups excluding carboxylic acids is 2. The number of amides is 4. The van der Waals surface area contributed by atoms with Crippen LogP contribution in [0, 0.1) is 0 Å². The molecule has 1 fully saturated rings. The molecule has 3 aliphatic rings. The first kappa shape index (κ1) is 24.0. The fourth-order valence-electron chi connectivity index (χ4n) is 5.73. The zero-order valence-corrected chi connectivity index (χ0v) is 22.0. The van der Waals surface area contributed by atoms with E-state index in [1.165, 1.54) is 0 Å². The van der Waals surface area contributed by atoms with Crippen molar-refractivity contribution in [2.45, 2.75) is 0 Å². The minimum absolute atomic E-state index is 0.0784. The van der Waals surface area contributed by atoms with Gasteiger partial charge in [-0.15, -0.1) is 0 Å². The minimum atomic E-state index is -0.0784. The largest absolute Gasteiger partial charge is 0.329 e. The van der Waals surface area contributed by atoms with E-state index >= 15 is 0 Å². The number of hydrogen-bond donors (Lipinski definition) is 0. The monoisotopic (exact) mass is 524 g/mol. The lowest BCUT2D eigenvalue weighted by molar-refractivity contribution is 0.152. The molecule has 6 nitrogen and oxygen atoms in total. The lowest BCUT2D eigenvalue weighted by Crippen LogP contribution is -2.55. The molecule has 4 aromatic rings. The number of piperazine rings is 1. The molecule has 0 atom stereocenters. The summed E-state index contributed by atoms with van der Waals surface area (Å²) in [4.78, 5) is 35.5. The Morgan fingerprint density at radius 2 is 0.650 bits per heavy atom. The number of anilines is 4. The maximum atomic E-state index is 14.1. The Kier molecular flexibility index (Phi) is 5.93. The molecule has 0 spiro atoms. The number of hydrogen-bond acceptors (Lipinski definition) is 2. The molecular weight excluding hydrogens is 496 g/mol. The number of fused-ring (bicyclic) bond motifs is 4. The highest BCUT2D eigenvalue weighted by atomic mass is 16.2. The Balaban J connectivity index is 1.15. The first-order chi connectivity index (χ1) is 19.7. The van der Waals surface area contributed by atoms with Gasteiger partial charge >= 0.3 is 12.1 Å². The number of nitrogens with zero attached hydrogens (tertiary/aromatic N) is 4. The molecule has 0 bridgehead atoms. The van der Waals surface area contributed by atoms with Crippen molar-refractivity contribution in [2.24, 2.45) is 0 Å². The molecule has 7 rings (SSSR count). The molecule has 4 aromatic carbocycles. The van der Waals surface area contributed by atoms with Crippen LogP contribution in [0.1, 0.15) is 22.3 Å². The Morgan fingerprint density at radius 1 is 0.400 bits per heavy atom. The summed E-state index contributed by atoms with van der Waals surface area (Å²) in [6, 6.07) is 31.7. The van der Waals surface area contributed by atoms with Gasteiger partial charge in [0.15, 0.2) is 0 Å². The van der Waals surface area contributed by atoms with Crippen LogP contribution in [0.25, 0.3) is 24.3 Å². The summed E-state index contributed by atoms with van der Waals surface area (Å²) in [6.45, 7) is 1.81. The molecule has 3 heterocycles. The summed E-state index contributed by atoms with van der Waals surface area (Å²) in [5, 5.41) is 0. The first-order valence-corrected chi connectivity index (χ1v) is 13.6. The van der Waals surface area contributed by atoms with Gasteiger partial charge in [-0.1, -0.05) is 97.1 Å². The number of urea groups is 2. The van der Waals surface area contributed by atoms with E-state index in [-0.39, 0.29) is 12.1 Å². The number of benzene rings is 4. The maximum absolute atomic E-state index is 14.1. The molecule has 1 saturated heterocycles. The van der Waals surface area contributed by atoms with Crippen molar-refractivity contribution in [1.82, 2.24) is 9.80 Å². The molecule has 0 unspecified atom stereocenters. The third kappa shape index (κ3) is 4.05. The normalized spacial score (nSPS) is 15.4. The van der Waals surface area contributed by atoms with Gasteiger partial charge in [0.1, 0.15) is 0 Å². The van der Waals surface area contributed by atoms with Crippen LogP contribution in [-0.4, -0.2) is 48.0 Å². The van der Waals surface area contributed by atoms with Gasteiger partial charge in [-0.2, -0.15) is 0 Å². The van der Waals surface area contributed by atoms with Crippen LogP contribution in [0.5, 0.6) is 0 Å². The number of carbonyl (C=O) groups is 2. The highest BCUT2D eigenvalue weighted by Gasteiger charge is 2.34. The van der Waals surface area contributed by atoms with Gasteiger partial charge in [-0.25, -0.2) is 9.59 Å². The van der Waals surface area contributed by atoms with Gasteiger partial charge < -0.3 is 9.80 Å². The van der Waals surface area contributed by atoms with Crippen molar-refractivity contribution >= 4 is 59.1 Å². The van der Waals surface area contributed by atoms with Crippen LogP contribution in [0.2, 0.25) is 0 Å². The number of rotatable bonds is 0. The molecule has 0 aromatic heterocycles. The summed E-state index contributed by atoms with van der Waals surface area (Å²) >= 11 is 0. The van der Waals surface area contributed by atoms with Crippen LogP contribution in [0.3, 0.4) is 0 Å². The zero-order valence-electron chi connectivity index (χ0n) is 22.0. The summed E-state index contributed by atoms with van der Waals surface area (Å²) in [6.07, 6.45) is 8.24. The lowest BCUT2D eigenvalue weighted by Gasteiger charge is -2.39. The highest BCUT2D eigenvalue weighted by Crippen LogP contribution is 2.39. The van der Waals surface area contributed by atoms with E-state index in [1.54, 1.807) is 0 Å². The molecule has 6 heteroatoms. The topological polar surface area (TPSA) is 47.1 Å². The van der Waals surface area contributed by atoms with Gasteiger partial charge in [-0.3, -0.25) is 9.80 Å². The summed E-state index contributed by atoms with van der Waals surface area (Å²) in [5.74, 6) is 0. The Bertz CT molecular complexity index is 1460. The molecular formula is C34H28N4O2. The van der Waals surface area contributed by atoms with E-state index in [2.05, 4.69) is 24.3 Å². The minimum Gasteiger partial charge on any atom is -0.320 e. The quantitative estimate of drug-likeness (QED) is 0.239. The van der Waals surface area contributed by atoms with Crippen LogP contribution in [-0.2, 0) is 0 Å². The predicted octanol–water partition coefficient (Wildman–Crippen LogP) is 7.49. The molecule has 0 aliphatic carbocycles. The van der Waals surface area contributed by atoms with E-state index in [1.807, 2.05) is 117 Å². The molecule has 40 heavy (non-hydrogen) atoms. The Labute approximate surface area is 233 Å². The van der Waals surface area contributed by atoms with Gasteiger partial charge in [0, 0.05) is 26.2 Å². The highest BCUT2D eigenvalue weighted by molar-refractivity contribution is 6.07. The van der Waals surface area contributed by atoms with E-state index < -0.39 is 0 Å². The van der Waals surface area contributed by atoms with Gasteiger partial charge in [0.2, 0.25) is 0 Å². The second-order valence-corrected chi connectivity index (χ2v) is 10.1. The van der Waals surface area contributed by atoms with E-state index in [9.17, 15) is 9.59 Å². The van der Waals surface area contributed by atoms with Crippen LogP contribution < -0.4 is 9.80 Å². The van der Waals surface area contributed by atoms with E-state index in [0.29, 0.717) is 26.2 Å². The Morgan fingerprint density at radius 3 is 0.925 bits per heavy atom. The molecule has 0 radical (unpaired) electrons. The second-order valence-electron chi connectivity index (χ2n) is 10.1. The van der Waals surface area contributed by atoms with Crippen molar-refractivity contribution < 1.29 is 9.59 Å². The second kappa shape index (κ2) is 9.89. The predicted molar refractivity (Wildman–Crippen MR) is 162 cm³/mol. The third-order valence-corrected chi connectivity index (χ3v) is 7.80. The molecule has 3 aliphatic heterocycles. The Hall–Kier alpha value is -5.10. The third-order valence-electron chi connectivity index (χ3n) is 7.80. The number of para-hydroxylation sites is 4. The molecule has 0 N–H and O–H groups in total. The summed E-state index contributed by atoms with van der Waals surface area (Å²) in [5.41, 5.74) is 7.41. The average Bonchev–Trinajstić information content (AvgIpc) is 3.29. The van der Waals surface area contributed by atoms with Gasteiger partial charge in [-0.05, 0) is 46.5 Å². The van der Waals surface area contributed by atoms with Crippen molar-refractivity contribution in [3.63, 3.8) is 0 Å². The molecule has 4 amide bonds. The lowest BCUT2D eigenvalue weighted by atomic mass is 10.1. The first-order valence-electron chi connectivity index (χ1n) is 13.6. The van der Waals surface area contributed by atoms with Crippen molar-refractivity contribution in [2.75, 3.05) is 36.0 Å². The zero-order chi connectivity index (χ0) is 27.1. The van der Waals surface area contributed by atoms with Gasteiger partial charge in [0.25, 0.3) is 0 Å². The SMILES string of the molecule is O=C(N1CCN(C(=O)N2c3ccccc3C=Cc3ccccc32)CC1)N1c2ccccc2C=Cc2ccccc21. The summed E-state index contributed by atoms with van der Waals surface area (Å²) in [7, 11) is 0. The fourth-order valence-corrected chi connectivity index (χ4v) is 5.73. The summed E-state index contributed by atoms with van der Waals surface area (Å²) < 4.78 is 0. The molecule has 0 saturated carbocycles. The van der Waals surface area contributed by atoms with Crippen LogP contribution in [0.4, 0.5) is 32.3 Å². The van der Waals surface area contributed by atoms with E-state index in [4.69, 9.17) is 0 Å². The average molecular weight is 525 g/mol. The smallest absolute Gasteiger partial charge is 0.320 e. The van der Waals surface area contributed by atoms with Gasteiger partial charge in [0.05, 0.1) is 22.7 Å². The maximum Gasteiger partial charge on any atom is 0.329 e. The molecule has 196 valence electrons.